The van der Waals surface area contributed by atoms with Crippen LogP contribution in [0, 0.1) is 10.1 Å². The standard InChI is InChI=1S/C20H15ClN2O3/c21-17-9-4-8-16(12-17)20(24)22(14-15-6-2-1-3-7-15)18-10-5-11-19(13-18)23(25)26/h1-13H,14H2. The number of non-ortho nitro benzene ring substituents is 1. The second-order valence-electron chi connectivity index (χ2n) is 5.66. The van der Waals surface area contributed by atoms with Crippen molar-refractivity contribution in [2.75, 3.05) is 4.90 Å². The van der Waals surface area contributed by atoms with E-state index in [-0.39, 0.29) is 18.1 Å². The van der Waals surface area contributed by atoms with Crippen molar-refractivity contribution in [1.82, 2.24) is 0 Å². The van der Waals surface area contributed by atoms with E-state index < -0.39 is 4.92 Å². The highest BCUT2D eigenvalue weighted by Crippen LogP contribution is 2.25. The predicted molar refractivity (Wildman–Crippen MR) is 102 cm³/mol. The van der Waals surface area contributed by atoms with Crippen molar-refractivity contribution in [2.24, 2.45) is 0 Å². The number of halogens is 1. The second-order valence-corrected chi connectivity index (χ2v) is 6.10. The molecular formula is C20H15ClN2O3. The molecule has 0 aliphatic heterocycles. The van der Waals surface area contributed by atoms with E-state index in [1.165, 1.54) is 17.0 Å². The van der Waals surface area contributed by atoms with Gasteiger partial charge in [-0.3, -0.25) is 14.9 Å². The van der Waals surface area contributed by atoms with Crippen molar-refractivity contribution in [3.63, 3.8) is 0 Å². The quantitative estimate of drug-likeness (QED) is 0.466. The summed E-state index contributed by atoms with van der Waals surface area (Å²) in [6.45, 7) is 0.285. The van der Waals surface area contributed by atoms with Crippen LogP contribution < -0.4 is 4.90 Å². The predicted octanol–water partition coefficient (Wildman–Crippen LogP) is 5.10. The smallest absolute Gasteiger partial charge is 0.271 e. The molecule has 0 radical (unpaired) electrons. The van der Waals surface area contributed by atoms with Crippen molar-refractivity contribution in [2.45, 2.75) is 6.54 Å². The minimum atomic E-state index is -0.478. The first kappa shape index (κ1) is 17.6. The zero-order valence-electron chi connectivity index (χ0n) is 13.7. The van der Waals surface area contributed by atoms with Crippen molar-refractivity contribution < 1.29 is 9.72 Å². The number of nitro benzene ring substituents is 1. The largest absolute Gasteiger partial charge is 0.304 e. The number of rotatable bonds is 5. The molecule has 0 bridgehead atoms. The summed E-state index contributed by atoms with van der Waals surface area (Å²) in [5.41, 5.74) is 1.71. The van der Waals surface area contributed by atoms with E-state index in [1.807, 2.05) is 30.3 Å². The lowest BCUT2D eigenvalue weighted by molar-refractivity contribution is -0.384. The van der Waals surface area contributed by atoms with Crippen LogP contribution in [0.1, 0.15) is 15.9 Å². The molecule has 0 aliphatic carbocycles. The summed E-state index contributed by atoms with van der Waals surface area (Å²) in [6, 6.07) is 22.1. The van der Waals surface area contributed by atoms with Crippen LogP contribution in [0.4, 0.5) is 11.4 Å². The molecule has 0 atom stereocenters. The summed E-state index contributed by atoms with van der Waals surface area (Å²) in [7, 11) is 0. The summed E-state index contributed by atoms with van der Waals surface area (Å²) in [5, 5.41) is 11.6. The van der Waals surface area contributed by atoms with Gasteiger partial charge >= 0.3 is 0 Å². The fraction of sp³-hybridized carbons (Fsp3) is 0.0500. The van der Waals surface area contributed by atoms with E-state index in [1.54, 1.807) is 36.4 Å². The van der Waals surface area contributed by atoms with Gasteiger partial charge in [0.25, 0.3) is 11.6 Å². The minimum absolute atomic E-state index is 0.0699. The van der Waals surface area contributed by atoms with E-state index in [9.17, 15) is 14.9 Å². The Labute approximate surface area is 155 Å². The molecule has 130 valence electrons. The van der Waals surface area contributed by atoms with Crippen molar-refractivity contribution in [3.8, 4) is 0 Å². The van der Waals surface area contributed by atoms with E-state index in [0.717, 1.165) is 5.56 Å². The molecule has 5 nitrogen and oxygen atoms in total. The molecule has 0 aliphatic rings. The number of carbonyl (C=O) groups excluding carboxylic acids is 1. The molecule has 0 saturated carbocycles. The molecule has 0 N–H and O–H groups in total. The molecule has 0 aromatic heterocycles. The third-order valence-corrected chi connectivity index (χ3v) is 4.09. The van der Waals surface area contributed by atoms with Crippen molar-refractivity contribution >= 4 is 28.9 Å². The van der Waals surface area contributed by atoms with Gasteiger partial charge in [-0.25, -0.2) is 0 Å². The van der Waals surface area contributed by atoms with Gasteiger partial charge in [0.1, 0.15) is 0 Å². The fourth-order valence-electron chi connectivity index (χ4n) is 2.60. The van der Waals surface area contributed by atoms with Gasteiger partial charge in [-0.05, 0) is 29.8 Å². The number of anilines is 1. The van der Waals surface area contributed by atoms with E-state index in [4.69, 9.17) is 11.6 Å². The molecule has 0 fully saturated rings. The Bertz CT molecular complexity index is 945. The molecule has 3 aromatic rings. The molecule has 0 spiro atoms. The van der Waals surface area contributed by atoms with Gasteiger partial charge in [0.15, 0.2) is 0 Å². The number of nitro groups is 1. The number of nitrogens with zero attached hydrogens (tertiary/aromatic N) is 2. The van der Waals surface area contributed by atoms with Gasteiger partial charge in [-0.15, -0.1) is 0 Å². The summed E-state index contributed by atoms with van der Waals surface area (Å²) >= 11 is 6.01. The lowest BCUT2D eigenvalue weighted by Crippen LogP contribution is -2.30. The zero-order valence-corrected chi connectivity index (χ0v) is 14.5. The normalized spacial score (nSPS) is 10.3. The van der Waals surface area contributed by atoms with Crippen LogP contribution in [0.25, 0.3) is 0 Å². The maximum absolute atomic E-state index is 13.1. The average Bonchev–Trinajstić information content (AvgIpc) is 2.66. The van der Waals surface area contributed by atoms with Crippen LogP contribution in [0.3, 0.4) is 0 Å². The van der Waals surface area contributed by atoms with Crippen LogP contribution >= 0.6 is 11.6 Å². The number of benzene rings is 3. The number of carbonyl (C=O) groups is 1. The third-order valence-electron chi connectivity index (χ3n) is 3.85. The Morgan fingerprint density at radius 2 is 1.69 bits per heavy atom. The topological polar surface area (TPSA) is 63.5 Å². The zero-order chi connectivity index (χ0) is 18.5. The van der Waals surface area contributed by atoms with Gasteiger partial charge in [0.05, 0.1) is 17.2 Å². The first-order chi connectivity index (χ1) is 12.5. The van der Waals surface area contributed by atoms with E-state index in [0.29, 0.717) is 16.3 Å². The molecule has 0 unspecified atom stereocenters. The molecule has 0 saturated heterocycles. The number of hydrogen-bond donors (Lipinski definition) is 0. The molecule has 26 heavy (non-hydrogen) atoms. The SMILES string of the molecule is O=C(c1cccc(Cl)c1)N(Cc1ccccc1)c1cccc([N+](=O)[O-])c1. The third kappa shape index (κ3) is 4.07. The van der Waals surface area contributed by atoms with Gasteiger partial charge < -0.3 is 4.90 Å². The molecule has 0 heterocycles. The molecule has 1 amide bonds. The van der Waals surface area contributed by atoms with Crippen molar-refractivity contribution in [3.05, 3.63) is 105 Å². The van der Waals surface area contributed by atoms with Crippen LogP contribution in [0.2, 0.25) is 5.02 Å². The Morgan fingerprint density at radius 1 is 0.962 bits per heavy atom. The highest BCUT2D eigenvalue weighted by atomic mass is 35.5. The Hall–Kier alpha value is -3.18. The maximum atomic E-state index is 13.1. The molecule has 3 rings (SSSR count). The monoisotopic (exact) mass is 366 g/mol. The summed E-state index contributed by atoms with van der Waals surface area (Å²) < 4.78 is 0. The summed E-state index contributed by atoms with van der Waals surface area (Å²) in [5.74, 6) is -0.281. The summed E-state index contributed by atoms with van der Waals surface area (Å²) in [4.78, 5) is 25.2. The van der Waals surface area contributed by atoms with Crippen LogP contribution in [0.5, 0.6) is 0 Å². The maximum Gasteiger partial charge on any atom is 0.271 e. The lowest BCUT2D eigenvalue weighted by atomic mass is 10.1. The first-order valence-corrected chi connectivity index (χ1v) is 8.28. The highest BCUT2D eigenvalue weighted by Gasteiger charge is 2.20. The van der Waals surface area contributed by atoms with E-state index >= 15 is 0 Å². The van der Waals surface area contributed by atoms with Gasteiger partial charge in [0, 0.05) is 22.7 Å². The van der Waals surface area contributed by atoms with Gasteiger partial charge in [0.2, 0.25) is 0 Å². The number of amides is 1. The highest BCUT2D eigenvalue weighted by molar-refractivity contribution is 6.31. The fourth-order valence-corrected chi connectivity index (χ4v) is 2.79. The van der Waals surface area contributed by atoms with Crippen LogP contribution in [-0.2, 0) is 6.54 Å². The Kier molecular flexibility index (Phi) is 5.29. The van der Waals surface area contributed by atoms with E-state index in [2.05, 4.69) is 0 Å². The van der Waals surface area contributed by atoms with Gasteiger partial charge in [-0.1, -0.05) is 54.1 Å². The van der Waals surface area contributed by atoms with Gasteiger partial charge in [-0.2, -0.15) is 0 Å². The molecule has 6 heteroatoms. The first-order valence-electron chi connectivity index (χ1n) is 7.90. The molecule has 3 aromatic carbocycles. The Morgan fingerprint density at radius 3 is 2.38 bits per heavy atom. The number of hydrogen-bond acceptors (Lipinski definition) is 3. The minimum Gasteiger partial charge on any atom is -0.304 e. The second kappa shape index (κ2) is 7.80. The lowest BCUT2D eigenvalue weighted by Gasteiger charge is -2.23. The van der Waals surface area contributed by atoms with Crippen molar-refractivity contribution in [1.29, 1.82) is 0 Å². The van der Waals surface area contributed by atoms with Crippen LogP contribution in [0.15, 0.2) is 78.9 Å². The van der Waals surface area contributed by atoms with Crippen LogP contribution in [-0.4, -0.2) is 10.8 Å². The Balaban J connectivity index is 2.03. The molecular weight excluding hydrogens is 352 g/mol. The average molecular weight is 367 g/mol. The summed E-state index contributed by atoms with van der Waals surface area (Å²) in [6.07, 6.45) is 0.